The molecule has 0 aliphatic heterocycles. The number of aromatic nitrogens is 1. The molecule has 6 heteroatoms. The molecule has 0 saturated heterocycles. The van der Waals surface area contributed by atoms with Crippen molar-refractivity contribution in [2.45, 2.75) is 33.2 Å². The topological polar surface area (TPSA) is 82.5 Å². The van der Waals surface area contributed by atoms with Crippen molar-refractivity contribution < 1.29 is 14.7 Å². The van der Waals surface area contributed by atoms with Gasteiger partial charge in [0.1, 0.15) is 5.82 Å². The maximum absolute atomic E-state index is 12.4. The monoisotopic (exact) mass is 293 g/mol. The Morgan fingerprint density at radius 2 is 1.81 bits per heavy atom. The van der Waals surface area contributed by atoms with Gasteiger partial charge in [0.05, 0.1) is 11.0 Å². The highest BCUT2D eigenvalue weighted by molar-refractivity contribution is 5.95. The second-order valence-electron chi connectivity index (χ2n) is 6.31. The fourth-order valence-corrected chi connectivity index (χ4v) is 1.58. The van der Waals surface area contributed by atoms with Gasteiger partial charge in [-0.2, -0.15) is 0 Å². The number of carboxylic acid groups (broad SMARTS) is 1. The average molecular weight is 293 g/mol. The van der Waals surface area contributed by atoms with Gasteiger partial charge in [-0.05, 0) is 39.8 Å². The first kappa shape index (κ1) is 16.9. The number of pyridine rings is 1. The highest BCUT2D eigenvalue weighted by Gasteiger charge is 2.44. The van der Waals surface area contributed by atoms with E-state index in [1.165, 1.54) is 0 Å². The van der Waals surface area contributed by atoms with Crippen LogP contribution in [-0.2, 0) is 4.79 Å². The second-order valence-corrected chi connectivity index (χ2v) is 6.31. The second kappa shape index (κ2) is 5.71. The number of hydrogen-bond acceptors (Lipinski definition) is 4. The molecule has 0 radical (unpaired) electrons. The third-order valence-corrected chi connectivity index (χ3v) is 3.99. The fraction of sp³-hybridized carbons (Fsp3) is 0.533. The lowest BCUT2D eigenvalue weighted by Crippen LogP contribution is -2.56. The van der Waals surface area contributed by atoms with E-state index in [4.69, 9.17) is 0 Å². The number of nitrogens with one attached hydrogen (secondary N) is 1. The van der Waals surface area contributed by atoms with Crippen LogP contribution in [0.2, 0.25) is 0 Å². The lowest BCUT2D eigenvalue weighted by molar-refractivity contribution is -0.150. The number of hydrogen-bond donors (Lipinski definition) is 2. The van der Waals surface area contributed by atoms with Gasteiger partial charge in [0.15, 0.2) is 0 Å². The van der Waals surface area contributed by atoms with Gasteiger partial charge in [-0.15, -0.1) is 0 Å². The Labute approximate surface area is 125 Å². The van der Waals surface area contributed by atoms with Crippen LogP contribution < -0.4 is 10.2 Å². The zero-order valence-corrected chi connectivity index (χ0v) is 13.4. The molecule has 1 amide bonds. The van der Waals surface area contributed by atoms with Gasteiger partial charge in [0, 0.05) is 25.9 Å². The number of amides is 1. The van der Waals surface area contributed by atoms with E-state index in [1.807, 2.05) is 14.1 Å². The zero-order valence-electron chi connectivity index (χ0n) is 13.4. The molecule has 0 saturated carbocycles. The number of anilines is 1. The Balaban J connectivity index is 3.01. The molecule has 1 rings (SSSR count). The first-order valence-corrected chi connectivity index (χ1v) is 6.68. The van der Waals surface area contributed by atoms with E-state index in [0.717, 1.165) is 0 Å². The first-order chi connectivity index (χ1) is 9.49. The van der Waals surface area contributed by atoms with Crippen LogP contribution in [0.15, 0.2) is 18.3 Å². The minimum Gasteiger partial charge on any atom is -0.481 e. The minimum atomic E-state index is -1.10. The zero-order chi connectivity index (χ0) is 16.4. The third-order valence-electron chi connectivity index (χ3n) is 3.99. The fourth-order valence-electron chi connectivity index (χ4n) is 1.58. The van der Waals surface area contributed by atoms with E-state index in [2.05, 4.69) is 10.3 Å². The summed E-state index contributed by atoms with van der Waals surface area (Å²) in [5, 5.41) is 12.1. The van der Waals surface area contributed by atoms with E-state index in [-0.39, 0.29) is 5.91 Å². The van der Waals surface area contributed by atoms with Gasteiger partial charge in [0.25, 0.3) is 5.91 Å². The predicted molar refractivity (Wildman–Crippen MR) is 81.5 cm³/mol. The highest BCUT2D eigenvalue weighted by Crippen LogP contribution is 2.31. The summed E-state index contributed by atoms with van der Waals surface area (Å²) in [5.74, 6) is -0.616. The Morgan fingerprint density at radius 3 is 2.29 bits per heavy atom. The Bertz CT molecular complexity index is 551. The van der Waals surface area contributed by atoms with Gasteiger partial charge in [-0.3, -0.25) is 9.59 Å². The Hall–Kier alpha value is -2.11. The van der Waals surface area contributed by atoms with Crippen LogP contribution in [0.4, 0.5) is 5.82 Å². The lowest BCUT2D eigenvalue weighted by Gasteiger charge is -2.38. The van der Waals surface area contributed by atoms with Gasteiger partial charge in [-0.25, -0.2) is 4.98 Å². The van der Waals surface area contributed by atoms with Gasteiger partial charge in [0.2, 0.25) is 0 Å². The molecule has 0 spiro atoms. The van der Waals surface area contributed by atoms with Crippen LogP contribution >= 0.6 is 0 Å². The number of aliphatic carboxylic acids is 1. The molecule has 1 aromatic heterocycles. The average Bonchev–Trinajstić information content (AvgIpc) is 2.37. The van der Waals surface area contributed by atoms with Crippen LogP contribution in [0, 0.1) is 5.41 Å². The van der Waals surface area contributed by atoms with Crippen molar-refractivity contribution in [3.63, 3.8) is 0 Å². The van der Waals surface area contributed by atoms with Crippen molar-refractivity contribution in [1.29, 1.82) is 0 Å². The van der Waals surface area contributed by atoms with Crippen molar-refractivity contribution in [1.82, 2.24) is 10.3 Å². The largest absolute Gasteiger partial charge is 0.481 e. The summed E-state index contributed by atoms with van der Waals surface area (Å²) in [7, 11) is 3.67. The smallest absolute Gasteiger partial charge is 0.311 e. The quantitative estimate of drug-likeness (QED) is 0.864. The molecule has 0 unspecified atom stereocenters. The molecule has 1 aromatic rings. The van der Waals surface area contributed by atoms with Crippen molar-refractivity contribution in [3.05, 3.63) is 23.9 Å². The van der Waals surface area contributed by atoms with Crippen LogP contribution in [0.5, 0.6) is 0 Å². The van der Waals surface area contributed by atoms with Crippen LogP contribution in [0.1, 0.15) is 38.1 Å². The summed E-state index contributed by atoms with van der Waals surface area (Å²) < 4.78 is 0. The SMILES string of the molecule is CN(C)c1cc(C(=O)NC(C)(C)C(C)(C)C(=O)O)ccn1. The number of nitrogens with zero attached hydrogens (tertiary/aromatic N) is 2. The van der Waals surface area contributed by atoms with Crippen LogP contribution in [-0.4, -0.2) is 41.6 Å². The third kappa shape index (κ3) is 3.51. The van der Waals surface area contributed by atoms with E-state index in [9.17, 15) is 14.7 Å². The maximum atomic E-state index is 12.4. The predicted octanol–water partition coefficient (Wildman–Crippen LogP) is 1.77. The highest BCUT2D eigenvalue weighted by atomic mass is 16.4. The van der Waals surface area contributed by atoms with E-state index in [0.29, 0.717) is 11.4 Å². The Morgan fingerprint density at radius 1 is 1.24 bits per heavy atom. The van der Waals surface area contributed by atoms with Crippen molar-refractivity contribution in [2.75, 3.05) is 19.0 Å². The minimum absolute atomic E-state index is 0.320. The molecular weight excluding hydrogens is 270 g/mol. The summed E-state index contributed by atoms with van der Waals surface area (Å²) in [6.45, 7) is 6.58. The molecule has 116 valence electrons. The van der Waals surface area contributed by atoms with E-state index >= 15 is 0 Å². The summed E-state index contributed by atoms with van der Waals surface area (Å²) >= 11 is 0. The summed E-state index contributed by atoms with van der Waals surface area (Å²) in [6.07, 6.45) is 1.56. The number of carbonyl (C=O) groups excluding carboxylic acids is 1. The maximum Gasteiger partial charge on any atom is 0.311 e. The molecule has 0 fully saturated rings. The molecule has 21 heavy (non-hydrogen) atoms. The normalized spacial score (nSPS) is 11.9. The number of rotatable bonds is 5. The van der Waals surface area contributed by atoms with Gasteiger partial charge in [-0.1, -0.05) is 0 Å². The lowest BCUT2D eigenvalue weighted by atomic mass is 9.74. The number of carbonyl (C=O) groups is 2. The van der Waals surface area contributed by atoms with Crippen LogP contribution in [0.3, 0.4) is 0 Å². The molecule has 2 N–H and O–H groups in total. The summed E-state index contributed by atoms with van der Waals surface area (Å²) in [5.41, 5.74) is -1.56. The summed E-state index contributed by atoms with van der Waals surface area (Å²) in [4.78, 5) is 29.7. The van der Waals surface area contributed by atoms with Gasteiger partial charge >= 0.3 is 5.97 Å². The first-order valence-electron chi connectivity index (χ1n) is 6.68. The number of carboxylic acids is 1. The van der Waals surface area contributed by atoms with Crippen molar-refractivity contribution in [2.24, 2.45) is 5.41 Å². The molecule has 0 bridgehead atoms. The van der Waals surface area contributed by atoms with Crippen molar-refractivity contribution in [3.8, 4) is 0 Å². The molecular formula is C15H23N3O3. The molecule has 6 nitrogen and oxygen atoms in total. The molecule has 0 aliphatic rings. The van der Waals surface area contributed by atoms with Crippen LogP contribution in [0.25, 0.3) is 0 Å². The molecule has 0 aromatic carbocycles. The molecule has 0 atom stereocenters. The standard InChI is InChI=1S/C15H23N3O3/c1-14(2,13(20)21)15(3,4)17-12(19)10-7-8-16-11(9-10)18(5)6/h7-9H,1-6H3,(H,17,19)(H,20,21). The summed E-state index contributed by atoms with van der Waals surface area (Å²) in [6, 6.07) is 3.27. The van der Waals surface area contributed by atoms with E-state index in [1.54, 1.807) is 50.9 Å². The van der Waals surface area contributed by atoms with Gasteiger partial charge < -0.3 is 15.3 Å². The Kier molecular flexibility index (Phi) is 4.61. The molecule has 0 aliphatic carbocycles. The molecule has 1 heterocycles. The van der Waals surface area contributed by atoms with E-state index < -0.39 is 16.9 Å². The van der Waals surface area contributed by atoms with Crippen molar-refractivity contribution >= 4 is 17.7 Å².